The molecule has 21 heavy (non-hydrogen) atoms. The second-order valence-electron chi connectivity index (χ2n) is 5.35. The van der Waals surface area contributed by atoms with Crippen molar-refractivity contribution in [2.45, 2.75) is 29.9 Å². The van der Waals surface area contributed by atoms with Crippen molar-refractivity contribution in [1.29, 1.82) is 0 Å². The Morgan fingerprint density at radius 1 is 1.24 bits per heavy atom. The van der Waals surface area contributed by atoms with Gasteiger partial charge in [-0.3, -0.25) is 4.68 Å². The van der Waals surface area contributed by atoms with Crippen LogP contribution in [-0.4, -0.2) is 24.7 Å². The molecule has 1 heterocycles. The predicted molar refractivity (Wildman–Crippen MR) is 82.7 cm³/mol. The SMILES string of the molecule is CC(C)c1cc(C(CN)S(=O)(=O)c2ccccc2)n(C)n1. The first-order valence-electron chi connectivity index (χ1n) is 6.90. The van der Waals surface area contributed by atoms with E-state index in [0.29, 0.717) is 5.69 Å². The summed E-state index contributed by atoms with van der Waals surface area (Å²) >= 11 is 0. The summed E-state index contributed by atoms with van der Waals surface area (Å²) in [6.45, 7) is 4.07. The fourth-order valence-corrected chi connectivity index (χ4v) is 3.93. The quantitative estimate of drug-likeness (QED) is 0.916. The first-order chi connectivity index (χ1) is 9.87. The van der Waals surface area contributed by atoms with Gasteiger partial charge in [0, 0.05) is 13.6 Å². The van der Waals surface area contributed by atoms with E-state index in [1.807, 2.05) is 19.9 Å². The lowest BCUT2D eigenvalue weighted by Gasteiger charge is -2.16. The normalized spacial score (nSPS) is 13.6. The molecule has 1 aromatic heterocycles. The Balaban J connectivity index is 2.50. The molecule has 0 bridgehead atoms. The third-order valence-corrected chi connectivity index (χ3v) is 5.63. The zero-order valence-corrected chi connectivity index (χ0v) is 13.3. The van der Waals surface area contributed by atoms with E-state index in [1.165, 1.54) is 0 Å². The molecule has 0 aliphatic carbocycles. The zero-order valence-electron chi connectivity index (χ0n) is 12.5. The number of hydrogen-bond acceptors (Lipinski definition) is 4. The van der Waals surface area contributed by atoms with Crippen LogP contribution in [0, 0.1) is 0 Å². The summed E-state index contributed by atoms with van der Waals surface area (Å²) in [5.74, 6) is 0.239. The number of sulfone groups is 1. The van der Waals surface area contributed by atoms with Gasteiger partial charge in [-0.2, -0.15) is 5.10 Å². The number of nitrogens with zero attached hydrogens (tertiary/aromatic N) is 2. The van der Waals surface area contributed by atoms with Crippen molar-refractivity contribution in [3.63, 3.8) is 0 Å². The van der Waals surface area contributed by atoms with E-state index in [2.05, 4.69) is 5.10 Å². The predicted octanol–water partition coefficient (Wildman–Crippen LogP) is 2.02. The summed E-state index contributed by atoms with van der Waals surface area (Å²) in [6.07, 6.45) is 0. The summed E-state index contributed by atoms with van der Waals surface area (Å²) in [5.41, 5.74) is 7.26. The molecule has 1 atom stereocenters. The average Bonchev–Trinajstić information content (AvgIpc) is 2.83. The highest BCUT2D eigenvalue weighted by atomic mass is 32.2. The summed E-state index contributed by atoms with van der Waals surface area (Å²) in [7, 11) is -1.77. The summed E-state index contributed by atoms with van der Waals surface area (Å²) < 4.78 is 27.2. The van der Waals surface area contributed by atoms with E-state index >= 15 is 0 Å². The molecule has 2 N–H and O–H groups in total. The number of benzene rings is 1. The van der Waals surface area contributed by atoms with Gasteiger partial charge in [-0.05, 0) is 24.1 Å². The third kappa shape index (κ3) is 3.01. The van der Waals surface area contributed by atoms with Crippen molar-refractivity contribution in [2.75, 3.05) is 6.54 Å². The van der Waals surface area contributed by atoms with Gasteiger partial charge in [-0.1, -0.05) is 32.0 Å². The van der Waals surface area contributed by atoms with Crippen LogP contribution in [0.15, 0.2) is 41.3 Å². The van der Waals surface area contributed by atoms with Gasteiger partial charge in [0.1, 0.15) is 5.25 Å². The van der Waals surface area contributed by atoms with Crippen LogP contribution in [0.1, 0.15) is 36.4 Å². The van der Waals surface area contributed by atoms with Crippen LogP contribution in [0.5, 0.6) is 0 Å². The summed E-state index contributed by atoms with van der Waals surface area (Å²) in [6, 6.07) is 10.2. The molecule has 6 heteroatoms. The molecule has 2 aromatic rings. The number of aryl methyl sites for hydroxylation is 1. The maximum atomic E-state index is 12.8. The van der Waals surface area contributed by atoms with Crippen LogP contribution in [0.25, 0.3) is 0 Å². The van der Waals surface area contributed by atoms with Crippen molar-refractivity contribution in [1.82, 2.24) is 9.78 Å². The average molecular weight is 307 g/mol. The molecule has 0 fully saturated rings. The lowest BCUT2D eigenvalue weighted by Crippen LogP contribution is -2.24. The van der Waals surface area contributed by atoms with E-state index < -0.39 is 15.1 Å². The Morgan fingerprint density at radius 2 is 1.86 bits per heavy atom. The van der Waals surface area contributed by atoms with Gasteiger partial charge in [0.25, 0.3) is 0 Å². The number of nitrogens with two attached hydrogens (primary N) is 1. The minimum atomic E-state index is -3.52. The molecule has 0 aliphatic rings. The van der Waals surface area contributed by atoms with Crippen molar-refractivity contribution < 1.29 is 8.42 Å². The minimum absolute atomic E-state index is 0.0221. The number of aromatic nitrogens is 2. The largest absolute Gasteiger partial charge is 0.329 e. The molecule has 0 radical (unpaired) electrons. The molecule has 114 valence electrons. The van der Waals surface area contributed by atoms with E-state index in [4.69, 9.17) is 5.73 Å². The summed E-state index contributed by atoms with van der Waals surface area (Å²) in [5, 5.41) is 3.60. The Morgan fingerprint density at radius 3 is 2.33 bits per heavy atom. The van der Waals surface area contributed by atoms with Gasteiger partial charge < -0.3 is 5.73 Å². The first kappa shape index (κ1) is 15.7. The fourth-order valence-electron chi connectivity index (χ4n) is 2.27. The van der Waals surface area contributed by atoms with E-state index in [0.717, 1.165) is 5.69 Å². The molecule has 5 nitrogen and oxygen atoms in total. The molecule has 0 saturated carbocycles. The summed E-state index contributed by atoms with van der Waals surface area (Å²) in [4.78, 5) is 0.285. The molecule has 1 unspecified atom stereocenters. The maximum Gasteiger partial charge on any atom is 0.188 e. The highest BCUT2D eigenvalue weighted by molar-refractivity contribution is 7.91. The smallest absolute Gasteiger partial charge is 0.188 e. The van der Waals surface area contributed by atoms with E-state index in [9.17, 15) is 8.42 Å². The van der Waals surface area contributed by atoms with Gasteiger partial charge in [0.15, 0.2) is 9.84 Å². The van der Waals surface area contributed by atoms with Gasteiger partial charge in [0.05, 0.1) is 16.3 Å². The lowest BCUT2D eigenvalue weighted by molar-refractivity contribution is 0.573. The van der Waals surface area contributed by atoms with Gasteiger partial charge >= 0.3 is 0 Å². The van der Waals surface area contributed by atoms with Crippen LogP contribution in [0.4, 0.5) is 0 Å². The van der Waals surface area contributed by atoms with Crippen LogP contribution in [0.2, 0.25) is 0 Å². The Bertz CT molecular complexity index is 706. The van der Waals surface area contributed by atoms with Crippen molar-refractivity contribution in [3.8, 4) is 0 Å². The molecule has 0 spiro atoms. The zero-order chi connectivity index (χ0) is 15.6. The van der Waals surface area contributed by atoms with Crippen LogP contribution < -0.4 is 5.73 Å². The molecular formula is C15H21N3O2S. The lowest BCUT2D eigenvalue weighted by atomic mass is 10.1. The Kier molecular flexibility index (Phi) is 4.49. The monoisotopic (exact) mass is 307 g/mol. The first-order valence-corrected chi connectivity index (χ1v) is 8.45. The molecule has 0 aliphatic heterocycles. The topological polar surface area (TPSA) is 78.0 Å². The van der Waals surface area contributed by atoms with Gasteiger partial charge in [-0.15, -0.1) is 0 Å². The van der Waals surface area contributed by atoms with Gasteiger partial charge in [-0.25, -0.2) is 8.42 Å². The maximum absolute atomic E-state index is 12.8. The molecule has 0 amide bonds. The van der Waals surface area contributed by atoms with E-state index in [-0.39, 0.29) is 17.4 Å². The molecular weight excluding hydrogens is 286 g/mol. The van der Waals surface area contributed by atoms with Crippen molar-refractivity contribution >= 4 is 9.84 Å². The highest BCUT2D eigenvalue weighted by Crippen LogP contribution is 2.29. The Hall–Kier alpha value is -1.66. The fraction of sp³-hybridized carbons (Fsp3) is 0.400. The molecule has 1 aromatic carbocycles. The van der Waals surface area contributed by atoms with Gasteiger partial charge in [0.2, 0.25) is 0 Å². The third-order valence-electron chi connectivity index (χ3n) is 3.52. The number of hydrogen-bond donors (Lipinski definition) is 1. The van der Waals surface area contributed by atoms with Crippen molar-refractivity contribution in [2.24, 2.45) is 12.8 Å². The molecule has 0 saturated heterocycles. The molecule has 2 rings (SSSR count). The van der Waals surface area contributed by atoms with Crippen LogP contribution in [0.3, 0.4) is 0 Å². The van der Waals surface area contributed by atoms with Crippen LogP contribution in [-0.2, 0) is 16.9 Å². The number of rotatable bonds is 5. The Labute approximate surface area is 125 Å². The van der Waals surface area contributed by atoms with E-state index in [1.54, 1.807) is 42.1 Å². The van der Waals surface area contributed by atoms with Crippen molar-refractivity contribution in [3.05, 3.63) is 47.8 Å². The second-order valence-corrected chi connectivity index (χ2v) is 7.49. The highest BCUT2D eigenvalue weighted by Gasteiger charge is 2.30. The second kappa shape index (κ2) is 5.99. The standard InChI is InChI=1S/C15H21N3O2S/c1-11(2)13-9-14(18(3)17-13)15(10-16)21(19,20)12-7-5-4-6-8-12/h4-9,11,15H,10,16H2,1-3H3. The minimum Gasteiger partial charge on any atom is -0.329 e. The van der Waals surface area contributed by atoms with Crippen LogP contribution >= 0.6 is 0 Å².